The molecule has 13 heteroatoms. The third kappa shape index (κ3) is 10.9. The maximum absolute atomic E-state index is 14.5. The van der Waals surface area contributed by atoms with Crippen LogP contribution in [0, 0.1) is 17.3 Å². The van der Waals surface area contributed by atoms with Crippen LogP contribution in [-0.4, -0.2) is 89.6 Å². The molecule has 1 saturated heterocycles. The van der Waals surface area contributed by atoms with E-state index in [1.54, 1.807) is 20.8 Å². The maximum atomic E-state index is 14.5. The van der Waals surface area contributed by atoms with Crippen molar-refractivity contribution in [1.82, 2.24) is 26.2 Å². The van der Waals surface area contributed by atoms with Crippen molar-refractivity contribution in [2.75, 3.05) is 12.3 Å². The predicted molar refractivity (Wildman–Crippen MR) is 195 cm³/mol. The fraction of sp³-hybridized carbons (Fsp3) is 0.865. The first-order valence-corrected chi connectivity index (χ1v) is 20.5. The van der Waals surface area contributed by atoms with E-state index in [0.29, 0.717) is 38.6 Å². The molecule has 3 aliphatic rings. The van der Waals surface area contributed by atoms with Gasteiger partial charge >= 0.3 is 6.03 Å². The van der Waals surface area contributed by atoms with Crippen LogP contribution in [0.2, 0.25) is 0 Å². The zero-order valence-corrected chi connectivity index (χ0v) is 32.9. The van der Waals surface area contributed by atoms with Crippen molar-refractivity contribution in [2.45, 2.75) is 174 Å². The summed E-state index contributed by atoms with van der Waals surface area (Å²) in [5, 5.41) is 11.5. The molecule has 2 saturated carbocycles. The second-order valence-corrected chi connectivity index (χ2v) is 20.2. The zero-order chi connectivity index (χ0) is 37.7. The number of nitrogens with zero attached hydrogens (tertiary/aromatic N) is 1. The molecule has 12 nitrogen and oxygen atoms in total. The number of carbonyl (C=O) groups is 5. The smallest absolute Gasteiger partial charge is 0.315 e. The molecule has 4 N–H and O–H groups in total. The number of carbonyl (C=O) groups excluding carboxylic acids is 5. The van der Waals surface area contributed by atoms with Crippen molar-refractivity contribution < 1.29 is 32.4 Å². The number of nitrogens with one attached hydrogen (secondary N) is 4. The highest BCUT2D eigenvalue weighted by Gasteiger charge is 2.49. The van der Waals surface area contributed by atoms with Crippen LogP contribution in [0.25, 0.3) is 0 Å². The minimum absolute atomic E-state index is 0.00151. The van der Waals surface area contributed by atoms with E-state index in [1.807, 2.05) is 41.5 Å². The van der Waals surface area contributed by atoms with E-state index in [2.05, 4.69) is 21.3 Å². The predicted octanol–water partition coefficient (Wildman–Crippen LogP) is 4.40. The Bertz CT molecular complexity index is 1340. The molecule has 2 aliphatic carbocycles. The Balaban J connectivity index is 1.85. The van der Waals surface area contributed by atoms with Crippen LogP contribution in [0.5, 0.6) is 0 Å². The lowest BCUT2D eigenvalue weighted by atomic mass is 9.83. The maximum Gasteiger partial charge on any atom is 0.315 e. The van der Waals surface area contributed by atoms with Gasteiger partial charge < -0.3 is 26.2 Å². The average Bonchev–Trinajstić information content (AvgIpc) is 3.70. The Morgan fingerprint density at radius 3 is 2.02 bits per heavy atom. The number of Topliss-reactive ketones (excluding diaryl/α,β-unsaturated/α-hetero) is 1. The van der Waals surface area contributed by atoms with Crippen LogP contribution in [-0.2, 0) is 29.0 Å². The number of urea groups is 1. The van der Waals surface area contributed by atoms with Gasteiger partial charge in [0.25, 0.3) is 5.91 Å². The number of unbranched alkanes of at least 4 members (excludes halogenated alkanes) is 2. The van der Waals surface area contributed by atoms with E-state index in [9.17, 15) is 32.4 Å². The lowest BCUT2D eigenvalue weighted by Gasteiger charge is -2.41. The molecular weight excluding hydrogens is 659 g/mol. The number of likely N-dealkylation sites (tertiary alicyclic amines) is 1. The lowest BCUT2D eigenvalue weighted by molar-refractivity contribution is -0.145. The molecular formula is C37H65N5O7S. The van der Waals surface area contributed by atoms with Crippen molar-refractivity contribution in [3.8, 4) is 0 Å². The minimum Gasteiger partial charge on any atom is -0.347 e. The summed E-state index contributed by atoms with van der Waals surface area (Å²) >= 11 is 0. The molecule has 4 atom stereocenters. The van der Waals surface area contributed by atoms with Crippen LogP contribution >= 0.6 is 0 Å². The fourth-order valence-electron chi connectivity index (χ4n) is 7.20. The highest BCUT2D eigenvalue weighted by Crippen LogP contribution is 2.35. The molecule has 1 aliphatic heterocycles. The van der Waals surface area contributed by atoms with Gasteiger partial charge in [-0.3, -0.25) is 19.2 Å². The van der Waals surface area contributed by atoms with Crippen LogP contribution in [0.4, 0.5) is 4.79 Å². The monoisotopic (exact) mass is 723 g/mol. The van der Waals surface area contributed by atoms with E-state index < -0.39 is 73.2 Å². The van der Waals surface area contributed by atoms with E-state index in [-0.39, 0.29) is 23.6 Å². The summed E-state index contributed by atoms with van der Waals surface area (Å²) in [6, 6.07) is -3.55. The van der Waals surface area contributed by atoms with Crippen molar-refractivity contribution >= 4 is 39.4 Å². The third-order valence-corrected chi connectivity index (χ3v) is 13.5. The van der Waals surface area contributed by atoms with Crippen LogP contribution in [0.3, 0.4) is 0 Å². The van der Waals surface area contributed by atoms with Gasteiger partial charge in [-0.25, -0.2) is 13.2 Å². The van der Waals surface area contributed by atoms with Gasteiger partial charge in [-0.2, -0.15) is 0 Å². The molecule has 0 radical (unpaired) electrons. The number of hydrogen-bond donors (Lipinski definition) is 4. The molecule has 50 heavy (non-hydrogen) atoms. The van der Waals surface area contributed by atoms with Crippen LogP contribution in [0.15, 0.2) is 0 Å². The summed E-state index contributed by atoms with van der Waals surface area (Å²) in [7, 11) is -3.56. The highest BCUT2D eigenvalue weighted by atomic mass is 32.2. The van der Waals surface area contributed by atoms with Gasteiger partial charge in [-0.05, 0) is 76.5 Å². The first-order valence-electron chi connectivity index (χ1n) is 18.9. The Kier molecular flexibility index (Phi) is 14.0. The number of rotatable bonds is 15. The van der Waals surface area contributed by atoms with E-state index in [4.69, 9.17) is 0 Å². The molecule has 0 spiro atoms. The molecule has 1 heterocycles. The molecule has 5 amide bonds. The van der Waals surface area contributed by atoms with Gasteiger partial charge in [0.15, 0.2) is 9.84 Å². The molecule has 0 bridgehead atoms. The largest absolute Gasteiger partial charge is 0.347 e. The summed E-state index contributed by atoms with van der Waals surface area (Å²) in [6.07, 6.45) is 8.53. The molecule has 3 fully saturated rings. The van der Waals surface area contributed by atoms with E-state index >= 15 is 0 Å². The lowest BCUT2D eigenvalue weighted by Crippen LogP contribution is -2.64. The van der Waals surface area contributed by atoms with Gasteiger partial charge in [-0.1, -0.05) is 80.1 Å². The summed E-state index contributed by atoms with van der Waals surface area (Å²) in [4.78, 5) is 69.9. The quantitative estimate of drug-likeness (QED) is 0.143. The van der Waals surface area contributed by atoms with Gasteiger partial charge in [0, 0.05) is 12.6 Å². The summed E-state index contributed by atoms with van der Waals surface area (Å²) in [6.45, 7) is 16.8. The second kappa shape index (κ2) is 16.8. The highest BCUT2D eigenvalue weighted by molar-refractivity contribution is 7.92. The third-order valence-electron chi connectivity index (χ3n) is 10.7. The van der Waals surface area contributed by atoms with Gasteiger partial charge in [-0.15, -0.1) is 0 Å². The first-order chi connectivity index (χ1) is 23.1. The van der Waals surface area contributed by atoms with Gasteiger partial charge in [0.05, 0.1) is 22.1 Å². The summed E-state index contributed by atoms with van der Waals surface area (Å²) in [5.74, 6) is -2.61. The number of ketones is 1. The normalized spacial score (nSPS) is 22.4. The second-order valence-electron chi connectivity index (χ2n) is 17.5. The molecule has 0 aromatic carbocycles. The Labute approximate surface area is 300 Å². The molecule has 286 valence electrons. The number of sulfone groups is 1. The van der Waals surface area contributed by atoms with Crippen LogP contribution < -0.4 is 21.3 Å². The van der Waals surface area contributed by atoms with Crippen molar-refractivity contribution in [2.24, 2.45) is 17.3 Å². The van der Waals surface area contributed by atoms with Crippen LogP contribution in [0.1, 0.15) is 139 Å². The molecule has 3 rings (SSSR count). The van der Waals surface area contributed by atoms with Gasteiger partial charge in [0.2, 0.25) is 17.6 Å². The Morgan fingerprint density at radius 1 is 0.880 bits per heavy atom. The minimum atomic E-state index is -3.56. The number of amides is 5. The fourth-order valence-corrected chi connectivity index (χ4v) is 8.72. The Hall–Kier alpha value is -2.70. The summed E-state index contributed by atoms with van der Waals surface area (Å²) in [5.41, 5.74) is -1.72. The zero-order valence-electron chi connectivity index (χ0n) is 32.1. The number of hydrogen-bond acceptors (Lipinski definition) is 7. The standard InChI is InChI=1S/C37H65N5O7S/c1-10-11-13-16-27(29(43)32(45)38-25-17-18-25)39-31(44)28-26(24(2)3)19-22-42(28)33(46)30(35(4,5)6)40-34(47)41-37(20-14-12-15-21-37)23-50(48,49)36(7,8)9/h24-28,30H,10-23H2,1-9H3,(H,38,45)(H,39,44)(H2,40,41,47)/t26?,27-,28+,30-/m1/s1. The van der Waals surface area contributed by atoms with E-state index in [0.717, 1.165) is 44.9 Å². The van der Waals surface area contributed by atoms with Crippen molar-refractivity contribution in [3.05, 3.63) is 0 Å². The topological polar surface area (TPSA) is 171 Å². The summed E-state index contributed by atoms with van der Waals surface area (Å²) < 4.78 is 25.7. The van der Waals surface area contributed by atoms with E-state index in [1.165, 1.54) is 4.90 Å². The first kappa shape index (κ1) is 41.7. The SMILES string of the molecule is CCCCC[C@@H](NC(=O)[C@@H]1C(C(C)C)CCN1C(=O)[C@@H](NC(=O)NC1(CS(=O)(=O)C(C)(C)C)CCCCC1)C(C)(C)C)C(=O)C(=O)NC1CC1. The van der Waals surface area contributed by atoms with Crippen molar-refractivity contribution in [3.63, 3.8) is 0 Å². The molecule has 0 aromatic rings. The Morgan fingerprint density at radius 2 is 1.50 bits per heavy atom. The molecule has 0 aromatic heterocycles. The molecule has 1 unspecified atom stereocenters. The van der Waals surface area contributed by atoms with Crippen molar-refractivity contribution in [1.29, 1.82) is 0 Å². The average molecular weight is 724 g/mol. The van der Waals surface area contributed by atoms with Gasteiger partial charge in [0.1, 0.15) is 12.1 Å².